The van der Waals surface area contributed by atoms with Gasteiger partial charge in [-0.05, 0) is 39.0 Å². The van der Waals surface area contributed by atoms with Crippen molar-refractivity contribution in [3.63, 3.8) is 0 Å². The molecule has 0 radical (unpaired) electrons. The Hall–Kier alpha value is -2.30. The van der Waals surface area contributed by atoms with Crippen LogP contribution in [0.15, 0.2) is 18.2 Å². The smallest absolute Gasteiger partial charge is 0.407 e. The molecule has 1 aromatic rings. The lowest BCUT2D eigenvalue weighted by molar-refractivity contribution is 0.0127. The van der Waals surface area contributed by atoms with Crippen molar-refractivity contribution in [3.05, 3.63) is 29.3 Å². The Morgan fingerprint density at radius 1 is 1.39 bits per heavy atom. The Morgan fingerprint density at radius 3 is 2.57 bits per heavy atom. The van der Waals surface area contributed by atoms with Gasteiger partial charge in [0.2, 0.25) is 0 Å². The summed E-state index contributed by atoms with van der Waals surface area (Å²) in [5, 5.41) is 31.7. The highest BCUT2D eigenvalue weighted by molar-refractivity contribution is 5.67. The molecule has 2 atom stereocenters. The molecule has 23 heavy (non-hydrogen) atoms. The zero-order valence-corrected chi connectivity index (χ0v) is 13.7. The van der Waals surface area contributed by atoms with Gasteiger partial charge in [-0.15, -0.1) is 0 Å². The van der Waals surface area contributed by atoms with Gasteiger partial charge in [0.25, 0.3) is 0 Å². The molecule has 0 fully saturated rings. The molecule has 0 saturated carbocycles. The molecule has 1 aromatic carbocycles. The van der Waals surface area contributed by atoms with E-state index in [1.165, 1.54) is 19.2 Å². The van der Waals surface area contributed by atoms with E-state index in [1.54, 1.807) is 26.8 Å². The molecule has 0 bridgehead atoms. The van der Waals surface area contributed by atoms with Gasteiger partial charge in [0.15, 0.2) is 0 Å². The van der Waals surface area contributed by atoms with Crippen molar-refractivity contribution in [2.24, 2.45) is 0 Å². The Kier molecular flexibility index (Phi) is 6.37. The molecule has 0 saturated heterocycles. The van der Waals surface area contributed by atoms with Crippen LogP contribution in [0.1, 0.15) is 38.0 Å². The number of carbonyl (C=O) groups excluding carboxylic acids is 1. The summed E-state index contributed by atoms with van der Waals surface area (Å²) in [6, 6.07) is 6.49. The monoisotopic (exact) mass is 322 g/mol. The second kappa shape index (κ2) is 7.81. The summed E-state index contributed by atoms with van der Waals surface area (Å²) in [5.41, 5.74) is -0.214. The van der Waals surface area contributed by atoms with Crippen molar-refractivity contribution in [3.8, 4) is 11.8 Å². The second-order valence-electron chi connectivity index (χ2n) is 5.96. The first-order valence-electron chi connectivity index (χ1n) is 7.09. The Bertz CT molecular complexity index is 589. The average Bonchev–Trinajstić information content (AvgIpc) is 2.49. The fourth-order valence-corrected chi connectivity index (χ4v) is 1.84. The van der Waals surface area contributed by atoms with Crippen LogP contribution in [0.4, 0.5) is 4.79 Å². The summed E-state index contributed by atoms with van der Waals surface area (Å²) in [5.74, 6) is 0.449. The van der Waals surface area contributed by atoms with Crippen molar-refractivity contribution < 1.29 is 24.5 Å². The predicted molar refractivity (Wildman–Crippen MR) is 82.9 cm³/mol. The van der Waals surface area contributed by atoms with Crippen LogP contribution in [0.2, 0.25) is 0 Å². The van der Waals surface area contributed by atoms with Gasteiger partial charge in [0.1, 0.15) is 23.6 Å². The van der Waals surface area contributed by atoms with Crippen LogP contribution in [-0.4, -0.2) is 41.7 Å². The van der Waals surface area contributed by atoms with Crippen LogP contribution in [0.5, 0.6) is 5.75 Å². The Balaban J connectivity index is 2.75. The van der Waals surface area contributed by atoms with Gasteiger partial charge in [-0.25, -0.2) is 4.79 Å². The van der Waals surface area contributed by atoms with Gasteiger partial charge >= 0.3 is 6.09 Å². The molecular weight excluding hydrogens is 300 g/mol. The highest BCUT2D eigenvalue weighted by Gasteiger charge is 2.24. The number of alkyl carbamates (subject to hydrolysis) is 1. The van der Waals surface area contributed by atoms with E-state index >= 15 is 0 Å². The van der Waals surface area contributed by atoms with E-state index < -0.39 is 23.9 Å². The zero-order valence-electron chi connectivity index (χ0n) is 13.7. The number of carbonyl (C=O) groups is 1. The molecule has 3 N–H and O–H groups in total. The summed E-state index contributed by atoms with van der Waals surface area (Å²) in [6.45, 7) is 4.92. The number of aliphatic hydroxyl groups is 2. The molecule has 0 aliphatic heterocycles. The second-order valence-corrected chi connectivity index (χ2v) is 5.96. The Labute approximate surface area is 135 Å². The first-order valence-corrected chi connectivity index (χ1v) is 7.09. The largest absolute Gasteiger partial charge is 0.497 e. The molecule has 1 amide bonds. The van der Waals surface area contributed by atoms with Crippen LogP contribution >= 0.6 is 0 Å². The third kappa shape index (κ3) is 5.77. The highest BCUT2D eigenvalue weighted by atomic mass is 16.6. The minimum Gasteiger partial charge on any atom is -0.497 e. The standard InChI is InChI=1S/C16H22N2O5/c1-16(2,3)23-15(21)18-9-13(19)14(20)12-7-11(22-4)6-5-10(12)8-17/h5-7,13-14,19-20H,9H2,1-4H3,(H,18,21). The number of ether oxygens (including phenoxy) is 2. The van der Waals surface area contributed by atoms with Crippen molar-refractivity contribution in [1.82, 2.24) is 5.32 Å². The molecule has 0 spiro atoms. The maximum absolute atomic E-state index is 11.5. The highest BCUT2D eigenvalue weighted by Crippen LogP contribution is 2.25. The van der Waals surface area contributed by atoms with E-state index in [-0.39, 0.29) is 17.7 Å². The summed E-state index contributed by atoms with van der Waals surface area (Å²) >= 11 is 0. The molecule has 0 aliphatic rings. The molecule has 7 nitrogen and oxygen atoms in total. The summed E-state index contributed by atoms with van der Waals surface area (Å²) < 4.78 is 10.1. The van der Waals surface area contributed by atoms with Crippen LogP contribution in [0.25, 0.3) is 0 Å². The maximum Gasteiger partial charge on any atom is 0.407 e. The summed E-state index contributed by atoms with van der Waals surface area (Å²) in [4.78, 5) is 11.5. The van der Waals surface area contributed by atoms with Gasteiger partial charge in [-0.1, -0.05) is 0 Å². The first kappa shape index (κ1) is 18.7. The van der Waals surface area contributed by atoms with Crippen molar-refractivity contribution in [1.29, 1.82) is 5.26 Å². The SMILES string of the molecule is COc1ccc(C#N)c(C(O)C(O)CNC(=O)OC(C)(C)C)c1. The third-order valence-corrected chi connectivity index (χ3v) is 2.92. The van der Waals surface area contributed by atoms with E-state index in [9.17, 15) is 15.0 Å². The number of amides is 1. The number of nitrogens with one attached hydrogen (secondary N) is 1. The number of aliphatic hydroxyl groups excluding tert-OH is 2. The van der Waals surface area contributed by atoms with Gasteiger partial charge in [-0.3, -0.25) is 0 Å². The molecule has 0 aliphatic carbocycles. The first-order chi connectivity index (χ1) is 10.7. The number of rotatable bonds is 5. The number of hydrogen-bond donors (Lipinski definition) is 3. The number of nitrogens with zero attached hydrogens (tertiary/aromatic N) is 1. The van der Waals surface area contributed by atoms with Gasteiger partial charge < -0.3 is 25.0 Å². The molecule has 2 unspecified atom stereocenters. The van der Waals surface area contributed by atoms with Crippen molar-refractivity contribution in [2.75, 3.05) is 13.7 Å². The summed E-state index contributed by atoms with van der Waals surface area (Å²) in [7, 11) is 1.46. The van der Waals surface area contributed by atoms with Gasteiger partial charge in [0, 0.05) is 12.1 Å². The molecule has 126 valence electrons. The lowest BCUT2D eigenvalue weighted by Crippen LogP contribution is -2.39. The fourth-order valence-electron chi connectivity index (χ4n) is 1.84. The molecule has 0 heterocycles. The van der Waals surface area contributed by atoms with E-state index in [0.29, 0.717) is 5.75 Å². The summed E-state index contributed by atoms with van der Waals surface area (Å²) in [6.07, 6.45) is -3.36. The minimum absolute atomic E-state index is 0.217. The van der Waals surface area contributed by atoms with Gasteiger partial charge in [0.05, 0.1) is 18.7 Å². The van der Waals surface area contributed by atoms with Gasteiger partial charge in [-0.2, -0.15) is 5.26 Å². The molecule has 7 heteroatoms. The topological polar surface area (TPSA) is 112 Å². The average molecular weight is 322 g/mol. The third-order valence-electron chi connectivity index (χ3n) is 2.92. The molecule has 0 aromatic heterocycles. The zero-order chi connectivity index (χ0) is 17.6. The molecular formula is C16H22N2O5. The minimum atomic E-state index is -1.35. The van der Waals surface area contributed by atoms with Crippen LogP contribution in [0, 0.1) is 11.3 Å². The van der Waals surface area contributed by atoms with E-state index in [2.05, 4.69) is 5.32 Å². The lowest BCUT2D eigenvalue weighted by Gasteiger charge is -2.22. The normalized spacial score (nSPS) is 13.6. The van der Waals surface area contributed by atoms with Crippen LogP contribution in [-0.2, 0) is 4.74 Å². The van der Waals surface area contributed by atoms with Crippen molar-refractivity contribution >= 4 is 6.09 Å². The predicted octanol–water partition coefficient (Wildman–Crippen LogP) is 1.49. The number of methoxy groups -OCH3 is 1. The number of hydrogen-bond acceptors (Lipinski definition) is 6. The molecule has 1 rings (SSSR count). The maximum atomic E-state index is 11.5. The van der Waals surface area contributed by atoms with Crippen molar-refractivity contribution in [2.45, 2.75) is 38.6 Å². The van der Waals surface area contributed by atoms with E-state index in [0.717, 1.165) is 0 Å². The quantitative estimate of drug-likeness (QED) is 0.757. The fraction of sp³-hybridized carbons (Fsp3) is 0.500. The lowest BCUT2D eigenvalue weighted by atomic mass is 9.99. The number of nitriles is 1. The Morgan fingerprint density at radius 2 is 2.04 bits per heavy atom. The van der Waals surface area contributed by atoms with Crippen LogP contribution < -0.4 is 10.1 Å². The van der Waals surface area contributed by atoms with Crippen LogP contribution in [0.3, 0.4) is 0 Å². The number of benzene rings is 1. The van der Waals surface area contributed by atoms with E-state index in [4.69, 9.17) is 14.7 Å². The van der Waals surface area contributed by atoms with E-state index in [1.807, 2.05) is 6.07 Å².